The number of amides is 2. The molecule has 0 bridgehead atoms. The van der Waals surface area contributed by atoms with Gasteiger partial charge in [-0.25, -0.2) is 0 Å². The second-order valence-electron chi connectivity index (χ2n) is 9.99. The van der Waals surface area contributed by atoms with Crippen LogP contribution in [0.1, 0.15) is 35.7 Å². The highest BCUT2D eigenvalue weighted by Gasteiger charge is 2.30. The van der Waals surface area contributed by atoms with E-state index in [-0.39, 0.29) is 17.9 Å². The van der Waals surface area contributed by atoms with Crippen molar-refractivity contribution in [2.45, 2.75) is 37.9 Å². The van der Waals surface area contributed by atoms with Crippen molar-refractivity contribution >= 4 is 39.5 Å². The quantitative estimate of drug-likeness (QED) is 0.173. The lowest BCUT2D eigenvalue weighted by Crippen LogP contribution is -2.55. The molecule has 1 aromatic heterocycles. The third kappa shape index (κ3) is 6.47. The van der Waals surface area contributed by atoms with Crippen LogP contribution in [0, 0.1) is 6.92 Å². The van der Waals surface area contributed by atoms with Crippen LogP contribution in [-0.2, 0) is 4.79 Å². The van der Waals surface area contributed by atoms with Gasteiger partial charge in [0.1, 0.15) is 0 Å². The Morgan fingerprint density at radius 3 is 2.38 bits per heavy atom. The molecule has 9 heteroatoms. The van der Waals surface area contributed by atoms with E-state index in [0.717, 1.165) is 38.9 Å². The molecular formula is C31H32BrN5O2S. The Labute approximate surface area is 247 Å². The zero-order chi connectivity index (χ0) is 28.1. The number of aromatic nitrogens is 3. The lowest BCUT2D eigenvalue weighted by Gasteiger charge is -2.40. The summed E-state index contributed by atoms with van der Waals surface area (Å²) in [6.45, 7) is 5.73. The highest BCUT2D eigenvalue weighted by molar-refractivity contribution is 9.10. The Kier molecular flexibility index (Phi) is 9.01. The SMILES string of the molecule is Cc1ccc(-n2c(SCCCC(=O)N3CCN(C(=O)c4ccc(Br)cc4)C(C)C3)nnc2-c2ccccc2)cc1. The van der Waals surface area contributed by atoms with Crippen LogP contribution in [0.3, 0.4) is 0 Å². The maximum Gasteiger partial charge on any atom is 0.254 e. The summed E-state index contributed by atoms with van der Waals surface area (Å²) in [4.78, 5) is 29.8. The minimum atomic E-state index is -0.0345. The van der Waals surface area contributed by atoms with E-state index in [0.29, 0.717) is 31.6 Å². The molecule has 7 nitrogen and oxygen atoms in total. The van der Waals surface area contributed by atoms with E-state index in [9.17, 15) is 9.59 Å². The average Bonchev–Trinajstić information content (AvgIpc) is 3.40. The lowest BCUT2D eigenvalue weighted by molar-refractivity contribution is -0.133. The van der Waals surface area contributed by atoms with E-state index >= 15 is 0 Å². The van der Waals surface area contributed by atoms with Crippen molar-refractivity contribution in [2.24, 2.45) is 0 Å². The van der Waals surface area contributed by atoms with Gasteiger partial charge in [0.05, 0.1) is 0 Å². The van der Waals surface area contributed by atoms with Crippen molar-refractivity contribution in [2.75, 3.05) is 25.4 Å². The summed E-state index contributed by atoms with van der Waals surface area (Å²) in [6.07, 6.45) is 1.20. The Morgan fingerprint density at radius 1 is 0.950 bits per heavy atom. The monoisotopic (exact) mass is 617 g/mol. The molecule has 1 aliphatic heterocycles. The second kappa shape index (κ2) is 12.8. The summed E-state index contributed by atoms with van der Waals surface area (Å²) in [5.41, 5.74) is 3.88. The molecule has 1 unspecified atom stereocenters. The van der Waals surface area contributed by atoms with Gasteiger partial charge in [-0.15, -0.1) is 10.2 Å². The number of rotatable bonds is 8. The van der Waals surface area contributed by atoms with Crippen molar-refractivity contribution in [1.82, 2.24) is 24.6 Å². The molecular weight excluding hydrogens is 586 g/mol. The zero-order valence-corrected chi connectivity index (χ0v) is 25.1. The van der Waals surface area contributed by atoms with Crippen LogP contribution in [0.15, 0.2) is 88.5 Å². The molecule has 5 rings (SSSR count). The van der Waals surface area contributed by atoms with Crippen LogP contribution in [0.25, 0.3) is 17.1 Å². The summed E-state index contributed by atoms with van der Waals surface area (Å²) >= 11 is 5.03. The van der Waals surface area contributed by atoms with Gasteiger partial charge in [0, 0.05) is 59.1 Å². The van der Waals surface area contributed by atoms with Gasteiger partial charge in [0.25, 0.3) is 5.91 Å². The first kappa shape index (κ1) is 28.1. The van der Waals surface area contributed by atoms with E-state index in [2.05, 4.69) is 61.9 Å². The largest absolute Gasteiger partial charge is 0.339 e. The fraction of sp³-hybridized carbons (Fsp3) is 0.290. The van der Waals surface area contributed by atoms with Gasteiger partial charge in [-0.3, -0.25) is 14.2 Å². The number of benzene rings is 3. The molecule has 0 spiro atoms. The Hall–Kier alpha value is -3.43. The summed E-state index contributed by atoms with van der Waals surface area (Å²) in [5, 5.41) is 9.82. The molecule has 3 aromatic carbocycles. The smallest absolute Gasteiger partial charge is 0.254 e. The Bertz CT molecular complexity index is 1460. The van der Waals surface area contributed by atoms with Crippen LogP contribution in [-0.4, -0.2) is 67.8 Å². The van der Waals surface area contributed by atoms with E-state index in [1.807, 2.05) is 71.3 Å². The van der Waals surface area contributed by atoms with Gasteiger partial charge < -0.3 is 9.80 Å². The van der Waals surface area contributed by atoms with Crippen molar-refractivity contribution in [1.29, 1.82) is 0 Å². The minimum absolute atomic E-state index is 0.0102. The molecule has 206 valence electrons. The van der Waals surface area contributed by atoms with Crippen molar-refractivity contribution < 1.29 is 9.59 Å². The normalized spacial score (nSPS) is 15.3. The van der Waals surface area contributed by atoms with Crippen molar-refractivity contribution in [3.8, 4) is 17.1 Å². The first-order chi connectivity index (χ1) is 19.4. The highest BCUT2D eigenvalue weighted by atomic mass is 79.9. The van der Waals surface area contributed by atoms with Crippen LogP contribution < -0.4 is 0 Å². The maximum absolute atomic E-state index is 13.0. The Balaban J connectivity index is 1.17. The van der Waals surface area contributed by atoms with Crippen molar-refractivity contribution in [3.63, 3.8) is 0 Å². The molecule has 4 aromatic rings. The number of thioether (sulfide) groups is 1. The number of hydrogen-bond acceptors (Lipinski definition) is 5. The van der Waals surface area contributed by atoms with Crippen LogP contribution >= 0.6 is 27.7 Å². The molecule has 0 aliphatic carbocycles. The number of halogens is 1. The molecule has 0 radical (unpaired) electrons. The third-order valence-corrected chi connectivity index (χ3v) is 8.60. The highest BCUT2D eigenvalue weighted by Crippen LogP contribution is 2.29. The predicted molar refractivity (Wildman–Crippen MR) is 163 cm³/mol. The molecule has 0 saturated carbocycles. The van der Waals surface area contributed by atoms with Crippen LogP contribution in [0.4, 0.5) is 0 Å². The van der Waals surface area contributed by atoms with Crippen LogP contribution in [0.5, 0.6) is 0 Å². The fourth-order valence-electron chi connectivity index (χ4n) is 4.85. The predicted octanol–water partition coefficient (Wildman–Crippen LogP) is 6.25. The summed E-state index contributed by atoms with van der Waals surface area (Å²) < 4.78 is 3.03. The zero-order valence-electron chi connectivity index (χ0n) is 22.7. The van der Waals surface area contributed by atoms with E-state index < -0.39 is 0 Å². The Morgan fingerprint density at radius 2 is 1.68 bits per heavy atom. The summed E-state index contributed by atoms with van der Waals surface area (Å²) in [5.74, 6) is 1.69. The molecule has 1 aliphatic rings. The minimum Gasteiger partial charge on any atom is -0.339 e. The topological polar surface area (TPSA) is 71.3 Å². The van der Waals surface area contributed by atoms with Crippen molar-refractivity contribution in [3.05, 3.63) is 94.5 Å². The van der Waals surface area contributed by atoms with Crippen LogP contribution in [0.2, 0.25) is 0 Å². The standard InChI is InChI=1S/C31H32BrN5O2S/c1-22-10-16-27(17-11-22)37-29(24-7-4-3-5-8-24)33-34-31(37)40-20-6-9-28(38)35-18-19-36(23(2)21-35)30(39)25-12-14-26(32)15-13-25/h3-5,7-8,10-17,23H,6,9,18-21H2,1-2H3. The average molecular weight is 619 g/mol. The van der Waals surface area contributed by atoms with Gasteiger partial charge in [-0.05, 0) is 56.7 Å². The molecule has 2 heterocycles. The van der Waals surface area contributed by atoms with Gasteiger partial charge in [0.2, 0.25) is 5.91 Å². The number of aryl methyl sites for hydroxylation is 1. The maximum atomic E-state index is 13.0. The van der Waals surface area contributed by atoms with E-state index in [4.69, 9.17) is 0 Å². The van der Waals surface area contributed by atoms with E-state index in [1.165, 1.54) is 5.56 Å². The number of piperazine rings is 1. The van der Waals surface area contributed by atoms with Gasteiger partial charge in [-0.2, -0.15) is 0 Å². The fourth-order valence-corrected chi connectivity index (χ4v) is 6.01. The molecule has 1 saturated heterocycles. The molecule has 0 N–H and O–H groups in total. The molecule has 2 amide bonds. The number of nitrogens with zero attached hydrogens (tertiary/aromatic N) is 5. The lowest BCUT2D eigenvalue weighted by atomic mass is 10.1. The van der Waals surface area contributed by atoms with E-state index in [1.54, 1.807) is 11.8 Å². The number of carbonyl (C=O) groups is 2. The number of carbonyl (C=O) groups excluding carboxylic acids is 2. The first-order valence-electron chi connectivity index (χ1n) is 13.5. The first-order valence-corrected chi connectivity index (χ1v) is 15.2. The second-order valence-corrected chi connectivity index (χ2v) is 12.0. The van der Waals surface area contributed by atoms with Gasteiger partial charge >= 0.3 is 0 Å². The molecule has 1 fully saturated rings. The summed E-state index contributed by atoms with van der Waals surface area (Å²) in [7, 11) is 0. The third-order valence-electron chi connectivity index (χ3n) is 7.06. The summed E-state index contributed by atoms with van der Waals surface area (Å²) in [6, 6.07) is 25.8. The molecule has 40 heavy (non-hydrogen) atoms. The molecule has 1 atom stereocenters. The number of hydrogen-bond donors (Lipinski definition) is 0. The van der Waals surface area contributed by atoms with Gasteiger partial charge in [0.15, 0.2) is 11.0 Å². The van der Waals surface area contributed by atoms with Gasteiger partial charge in [-0.1, -0.05) is 75.7 Å².